The molecule has 96 valence electrons. The summed E-state index contributed by atoms with van der Waals surface area (Å²) in [7, 11) is -3.52. The normalized spacial score (nSPS) is 19.2. The van der Waals surface area contributed by atoms with Gasteiger partial charge in [0.1, 0.15) is 0 Å². The summed E-state index contributed by atoms with van der Waals surface area (Å²) in [4.78, 5) is 11.9. The molecule has 1 atom stereocenters. The fraction of sp³-hybridized carbons (Fsp3) is 0.583. The lowest BCUT2D eigenvalue weighted by Crippen LogP contribution is -2.38. The minimum absolute atomic E-state index is 0.186. The standard InChI is InChI=1S/C12H19NO3S/c1-3-9-17(15,16)13(4-2)12(14)10-11-7-5-6-8-11/h3,5,7,11H,1,4,6,8-10H2,2H3. The number of sulfonamides is 1. The zero-order chi connectivity index (χ0) is 12.9. The molecule has 0 aromatic heterocycles. The van der Waals surface area contributed by atoms with Crippen LogP contribution in [-0.4, -0.2) is 30.9 Å². The Kier molecular flexibility index (Phi) is 4.93. The Hall–Kier alpha value is -1.10. The molecule has 0 spiro atoms. The Balaban J connectivity index is 2.69. The number of rotatable bonds is 6. The van der Waals surface area contributed by atoms with Crippen LogP contribution < -0.4 is 0 Å². The van der Waals surface area contributed by atoms with E-state index in [9.17, 15) is 13.2 Å². The average molecular weight is 257 g/mol. The maximum absolute atomic E-state index is 11.9. The quantitative estimate of drug-likeness (QED) is 0.681. The summed E-state index contributed by atoms with van der Waals surface area (Å²) in [6.45, 7) is 5.25. The smallest absolute Gasteiger partial charge is 0.240 e. The van der Waals surface area contributed by atoms with Crippen molar-refractivity contribution in [3.8, 4) is 0 Å². The molecule has 0 aromatic rings. The monoisotopic (exact) mass is 257 g/mol. The second-order valence-corrected chi connectivity index (χ2v) is 6.03. The minimum atomic E-state index is -3.52. The third-order valence-electron chi connectivity index (χ3n) is 2.78. The van der Waals surface area contributed by atoms with Gasteiger partial charge in [-0.2, -0.15) is 0 Å². The summed E-state index contributed by atoms with van der Waals surface area (Å²) in [6, 6.07) is 0. The zero-order valence-corrected chi connectivity index (χ0v) is 10.9. The van der Waals surface area contributed by atoms with E-state index < -0.39 is 10.0 Å². The van der Waals surface area contributed by atoms with Crippen molar-refractivity contribution in [1.82, 2.24) is 4.31 Å². The Bertz CT molecular complexity index is 411. The van der Waals surface area contributed by atoms with Gasteiger partial charge in [0.25, 0.3) is 0 Å². The highest BCUT2D eigenvalue weighted by atomic mass is 32.2. The van der Waals surface area contributed by atoms with Crippen LogP contribution in [0.3, 0.4) is 0 Å². The molecule has 5 heteroatoms. The molecule has 0 heterocycles. The van der Waals surface area contributed by atoms with E-state index in [2.05, 4.69) is 6.58 Å². The molecule has 1 amide bonds. The predicted molar refractivity (Wildman–Crippen MR) is 67.9 cm³/mol. The van der Waals surface area contributed by atoms with Crippen LogP contribution in [0.4, 0.5) is 0 Å². The number of allylic oxidation sites excluding steroid dienone is 2. The molecule has 17 heavy (non-hydrogen) atoms. The zero-order valence-electron chi connectivity index (χ0n) is 10.1. The predicted octanol–water partition coefficient (Wildman–Crippen LogP) is 1.71. The molecule has 0 radical (unpaired) electrons. The summed E-state index contributed by atoms with van der Waals surface area (Å²) in [5, 5.41) is 0. The van der Waals surface area contributed by atoms with Gasteiger partial charge in [-0.3, -0.25) is 4.79 Å². The third kappa shape index (κ3) is 3.70. The van der Waals surface area contributed by atoms with Crippen molar-refractivity contribution < 1.29 is 13.2 Å². The van der Waals surface area contributed by atoms with Gasteiger partial charge in [0.2, 0.25) is 15.9 Å². The second-order valence-electron chi connectivity index (χ2n) is 4.10. The molecular formula is C12H19NO3S. The lowest BCUT2D eigenvalue weighted by Gasteiger charge is -2.21. The van der Waals surface area contributed by atoms with Crippen LogP contribution >= 0.6 is 0 Å². The first-order chi connectivity index (χ1) is 8.01. The van der Waals surface area contributed by atoms with E-state index in [1.54, 1.807) is 6.92 Å². The minimum Gasteiger partial charge on any atom is -0.274 e. The van der Waals surface area contributed by atoms with E-state index in [-0.39, 0.29) is 30.5 Å². The number of amides is 1. The van der Waals surface area contributed by atoms with Gasteiger partial charge in [0, 0.05) is 13.0 Å². The van der Waals surface area contributed by atoms with Crippen LogP contribution in [0.1, 0.15) is 26.2 Å². The van der Waals surface area contributed by atoms with Crippen LogP contribution in [0.25, 0.3) is 0 Å². The van der Waals surface area contributed by atoms with Crippen molar-refractivity contribution in [2.24, 2.45) is 5.92 Å². The van der Waals surface area contributed by atoms with E-state index in [1.165, 1.54) is 6.08 Å². The summed E-state index contributed by atoms with van der Waals surface area (Å²) < 4.78 is 24.5. The summed E-state index contributed by atoms with van der Waals surface area (Å²) in [5.74, 6) is -0.311. The molecular weight excluding hydrogens is 238 g/mol. The lowest BCUT2D eigenvalue weighted by molar-refractivity contribution is -0.127. The Morgan fingerprint density at radius 1 is 1.59 bits per heavy atom. The second kappa shape index (κ2) is 6.00. The molecule has 0 aliphatic heterocycles. The van der Waals surface area contributed by atoms with Crippen molar-refractivity contribution in [3.63, 3.8) is 0 Å². The fourth-order valence-electron chi connectivity index (χ4n) is 1.96. The highest BCUT2D eigenvalue weighted by Crippen LogP contribution is 2.22. The van der Waals surface area contributed by atoms with E-state index in [0.29, 0.717) is 0 Å². The van der Waals surface area contributed by atoms with Crippen LogP contribution in [-0.2, 0) is 14.8 Å². The van der Waals surface area contributed by atoms with Gasteiger partial charge in [0.15, 0.2) is 0 Å². The summed E-state index contributed by atoms with van der Waals surface area (Å²) in [6.07, 6.45) is 7.52. The molecule has 0 saturated carbocycles. The molecule has 1 aliphatic carbocycles. The van der Waals surface area contributed by atoms with Gasteiger partial charge in [-0.15, -0.1) is 6.58 Å². The van der Waals surface area contributed by atoms with Crippen LogP contribution in [0.2, 0.25) is 0 Å². The fourth-order valence-corrected chi connectivity index (χ4v) is 3.21. The van der Waals surface area contributed by atoms with Crippen molar-refractivity contribution in [2.75, 3.05) is 12.3 Å². The lowest BCUT2D eigenvalue weighted by atomic mass is 10.1. The number of hydrogen-bond donors (Lipinski definition) is 0. The number of carbonyl (C=O) groups excluding carboxylic acids is 1. The summed E-state index contributed by atoms with van der Waals surface area (Å²) in [5.41, 5.74) is 0. The van der Waals surface area contributed by atoms with Gasteiger partial charge in [0.05, 0.1) is 5.75 Å². The van der Waals surface area contributed by atoms with Gasteiger partial charge in [-0.05, 0) is 25.7 Å². The SMILES string of the molecule is C=CCS(=O)(=O)N(CC)C(=O)CC1C=CCC1. The molecule has 1 aliphatic rings. The first kappa shape index (κ1) is 14.0. The molecule has 0 N–H and O–H groups in total. The topological polar surface area (TPSA) is 54.5 Å². The van der Waals surface area contributed by atoms with Crippen LogP contribution in [0.5, 0.6) is 0 Å². The van der Waals surface area contributed by atoms with E-state index in [1.807, 2.05) is 12.2 Å². The molecule has 1 unspecified atom stereocenters. The van der Waals surface area contributed by atoms with Crippen LogP contribution in [0.15, 0.2) is 24.8 Å². The highest BCUT2D eigenvalue weighted by Gasteiger charge is 2.26. The Morgan fingerprint density at radius 2 is 2.29 bits per heavy atom. The molecule has 4 nitrogen and oxygen atoms in total. The van der Waals surface area contributed by atoms with Crippen LogP contribution in [0, 0.1) is 5.92 Å². The Morgan fingerprint density at radius 3 is 2.76 bits per heavy atom. The maximum atomic E-state index is 11.9. The maximum Gasteiger partial charge on any atom is 0.240 e. The van der Waals surface area contributed by atoms with Crippen molar-refractivity contribution in [2.45, 2.75) is 26.2 Å². The molecule has 1 rings (SSSR count). The Labute approximate surface area is 103 Å². The van der Waals surface area contributed by atoms with Gasteiger partial charge in [-0.1, -0.05) is 18.2 Å². The van der Waals surface area contributed by atoms with Gasteiger partial charge >= 0.3 is 0 Å². The first-order valence-corrected chi connectivity index (χ1v) is 7.43. The van der Waals surface area contributed by atoms with E-state index in [0.717, 1.165) is 17.1 Å². The average Bonchev–Trinajstić information content (AvgIpc) is 2.70. The first-order valence-electron chi connectivity index (χ1n) is 5.82. The number of hydrogen-bond acceptors (Lipinski definition) is 3. The van der Waals surface area contributed by atoms with Crippen molar-refractivity contribution in [1.29, 1.82) is 0 Å². The van der Waals surface area contributed by atoms with Gasteiger partial charge in [-0.25, -0.2) is 12.7 Å². The largest absolute Gasteiger partial charge is 0.274 e. The molecule has 0 bridgehead atoms. The van der Waals surface area contributed by atoms with E-state index >= 15 is 0 Å². The number of carbonyl (C=O) groups is 1. The van der Waals surface area contributed by atoms with Gasteiger partial charge < -0.3 is 0 Å². The summed E-state index contributed by atoms with van der Waals surface area (Å²) >= 11 is 0. The van der Waals surface area contributed by atoms with Crippen molar-refractivity contribution >= 4 is 15.9 Å². The number of nitrogens with zero attached hydrogens (tertiary/aromatic N) is 1. The highest BCUT2D eigenvalue weighted by molar-refractivity contribution is 7.89. The van der Waals surface area contributed by atoms with Crippen molar-refractivity contribution in [3.05, 3.63) is 24.8 Å². The third-order valence-corrected chi connectivity index (χ3v) is 4.57. The van der Waals surface area contributed by atoms with E-state index in [4.69, 9.17) is 0 Å². The molecule has 0 aromatic carbocycles. The molecule has 0 fully saturated rings. The molecule has 0 saturated heterocycles.